The minimum absolute atomic E-state index is 0.123. The summed E-state index contributed by atoms with van der Waals surface area (Å²) in [4.78, 5) is 0. The Kier molecular flexibility index (Phi) is 5.52. The molecule has 4 atom stereocenters. The van der Waals surface area contributed by atoms with Gasteiger partial charge in [0.25, 0.3) is 0 Å². The highest BCUT2D eigenvalue weighted by atomic mass is 16.6. The summed E-state index contributed by atoms with van der Waals surface area (Å²) in [7, 11) is 0. The maximum Gasteiger partial charge on any atom is 0.203 e. The molecule has 0 N–H and O–H groups in total. The van der Waals surface area contributed by atoms with Gasteiger partial charge >= 0.3 is 0 Å². The number of hydrogen-bond acceptors (Lipinski definition) is 8. The van der Waals surface area contributed by atoms with Crippen LogP contribution in [-0.2, 0) is 18.9 Å². The summed E-state index contributed by atoms with van der Waals surface area (Å²) >= 11 is 0. The van der Waals surface area contributed by atoms with Gasteiger partial charge in [0.2, 0.25) is 5.75 Å². The second kappa shape index (κ2) is 8.78. The van der Waals surface area contributed by atoms with Crippen LogP contribution in [0.25, 0.3) is 11.1 Å². The second-order valence-electron chi connectivity index (χ2n) is 8.39. The van der Waals surface area contributed by atoms with E-state index in [-0.39, 0.29) is 24.4 Å². The molecule has 0 amide bonds. The molecule has 4 unspecified atom stereocenters. The Morgan fingerprint density at radius 3 is 1.62 bits per heavy atom. The summed E-state index contributed by atoms with van der Waals surface area (Å²) in [5, 5.41) is 0. The van der Waals surface area contributed by atoms with Gasteiger partial charge in [-0.3, -0.25) is 0 Å². The normalized spacial score (nSPS) is 26.9. The molecule has 2 aromatic carbocycles. The van der Waals surface area contributed by atoms with Crippen molar-refractivity contribution in [1.82, 2.24) is 0 Å². The first-order chi connectivity index (χ1) is 15.8. The van der Waals surface area contributed by atoms with Gasteiger partial charge in [-0.05, 0) is 35.4 Å². The van der Waals surface area contributed by atoms with E-state index in [4.69, 9.17) is 37.9 Å². The molecule has 4 aliphatic heterocycles. The number of rotatable bonds is 13. The highest BCUT2D eigenvalue weighted by molar-refractivity contribution is 5.72. The summed E-state index contributed by atoms with van der Waals surface area (Å²) in [5.41, 5.74) is 1.95. The molecule has 4 aliphatic rings. The van der Waals surface area contributed by atoms with Gasteiger partial charge in [-0.1, -0.05) is 12.1 Å². The molecule has 170 valence electrons. The minimum Gasteiger partial charge on any atom is -0.491 e. The van der Waals surface area contributed by atoms with Crippen molar-refractivity contribution in [2.24, 2.45) is 0 Å². The molecule has 0 radical (unpaired) electrons. The van der Waals surface area contributed by atoms with Crippen LogP contribution in [-0.4, -0.2) is 77.3 Å². The van der Waals surface area contributed by atoms with Gasteiger partial charge in [-0.15, -0.1) is 0 Å². The average Bonchev–Trinajstić information content (AvgIpc) is 3.65. The highest BCUT2D eigenvalue weighted by Gasteiger charge is 2.29. The van der Waals surface area contributed by atoms with E-state index in [0.717, 1.165) is 43.3 Å². The zero-order valence-electron chi connectivity index (χ0n) is 17.7. The van der Waals surface area contributed by atoms with Gasteiger partial charge in [-0.2, -0.15) is 0 Å². The lowest BCUT2D eigenvalue weighted by atomic mass is 10.0. The number of ether oxygens (including phenoxy) is 8. The fourth-order valence-electron chi connectivity index (χ4n) is 3.25. The van der Waals surface area contributed by atoms with E-state index in [9.17, 15) is 0 Å². The molecule has 0 aromatic heterocycles. The van der Waals surface area contributed by atoms with E-state index in [0.29, 0.717) is 43.7 Å². The first-order valence-corrected chi connectivity index (χ1v) is 11.1. The zero-order chi connectivity index (χ0) is 21.3. The quantitative estimate of drug-likeness (QED) is 0.437. The lowest BCUT2D eigenvalue weighted by Crippen LogP contribution is -2.11. The van der Waals surface area contributed by atoms with Gasteiger partial charge in [0.05, 0.1) is 26.4 Å². The Hall–Kier alpha value is -2.52. The van der Waals surface area contributed by atoms with Crippen molar-refractivity contribution in [3.63, 3.8) is 0 Å². The summed E-state index contributed by atoms with van der Waals surface area (Å²) in [5.74, 6) is 2.64. The topological polar surface area (TPSA) is 87.0 Å². The molecule has 2 aromatic rings. The van der Waals surface area contributed by atoms with Crippen molar-refractivity contribution in [2.75, 3.05) is 52.9 Å². The molecule has 32 heavy (non-hydrogen) atoms. The van der Waals surface area contributed by atoms with E-state index in [1.807, 2.05) is 36.4 Å². The van der Waals surface area contributed by atoms with E-state index in [2.05, 4.69) is 0 Å². The van der Waals surface area contributed by atoms with Crippen LogP contribution in [0.2, 0.25) is 0 Å². The average molecular weight is 442 g/mol. The van der Waals surface area contributed by atoms with E-state index < -0.39 is 0 Å². The summed E-state index contributed by atoms with van der Waals surface area (Å²) in [6.07, 6.45) is 0.589. The monoisotopic (exact) mass is 442 g/mol. The third-order valence-electron chi connectivity index (χ3n) is 5.50. The lowest BCUT2D eigenvalue weighted by Gasteiger charge is -2.18. The van der Waals surface area contributed by atoms with Gasteiger partial charge in [-0.25, -0.2) is 0 Å². The third kappa shape index (κ3) is 5.45. The maximum atomic E-state index is 6.11. The van der Waals surface area contributed by atoms with Gasteiger partial charge in [0.15, 0.2) is 11.5 Å². The zero-order valence-corrected chi connectivity index (χ0v) is 17.7. The van der Waals surface area contributed by atoms with Crippen LogP contribution in [0.1, 0.15) is 0 Å². The largest absolute Gasteiger partial charge is 0.491 e. The molecule has 8 nitrogen and oxygen atoms in total. The molecule has 4 saturated heterocycles. The lowest BCUT2D eigenvalue weighted by molar-refractivity contribution is 0.208. The molecule has 0 spiro atoms. The fraction of sp³-hybridized carbons (Fsp3) is 0.500. The van der Waals surface area contributed by atoms with Crippen molar-refractivity contribution < 1.29 is 37.9 Å². The molecule has 8 heteroatoms. The standard InChI is InChI=1S/C24H26O8/c1-2-15(4-17(3-1)25-7-18-8-26-18)16-5-22(30-12-19-9-27-19)24(32-14-21-11-29-21)23(6-16)31-13-20-10-28-20/h1-6,18-21H,7-14H2. The summed E-state index contributed by atoms with van der Waals surface area (Å²) < 4.78 is 45.3. The highest BCUT2D eigenvalue weighted by Crippen LogP contribution is 2.43. The van der Waals surface area contributed by atoms with E-state index >= 15 is 0 Å². The van der Waals surface area contributed by atoms with Crippen molar-refractivity contribution in [3.05, 3.63) is 36.4 Å². The Morgan fingerprint density at radius 2 is 1.09 bits per heavy atom. The predicted octanol–water partition coefficient (Wildman–Crippen LogP) is 2.46. The smallest absolute Gasteiger partial charge is 0.203 e. The van der Waals surface area contributed by atoms with E-state index in [1.165, 1.54) is 0 Å². The molecule has 6 rings (SSSR count). The number of hydrogen-bond donors (Lipinski definition) is 0. The van der Waals surface area contributed by atoms with Crippen LogP contribution in [0.3, 0.4) is 0 Å². The molecule has 0 saturated carbocycles. The summed E-state index contributed by atoms with van der Waals surface area (Å²) in [6, 6.07) is 11.9. The molecule has 4 heterocycles. The SMILES string of the molecule is c1cc(OCC2CO2)cc(-c2cc(OCC3CO3)c(OCC3CO3)c(OCC3CO3)c2)c1. The van der Waals surface area contributed by atoms with Crippen molar-refractivity contribution in [3.8, 4) is 34.1 Å². The van der Waals surface area contributed by atoms with Crippen molar-refractivity contribution in [1.29, 1.82) is 0 Å². The van der Waals surface area contributed by atoms with Gasteiger partial charge in [0, 0.05) is 0 Å². The Balaban J connectivity index is 1.29. The summed E-state index contributed by atoms with van der Waals surface area (Å²) in [6.45, 7) is 4.88. The molecular formula is C24H26O8. The van der Waals surface area contributed by atoms with Crippen LogP contribution in [0.5, 0.6) is 23.0 Å². The maximum absolute atomic E-state index is 6.11. The number of epoxide rings is 4. The van der Waals surface area contributed by atoms with Gasteiger partial charge < -0.3 is 37.9 Å². The second-order valence-corrected chi connectivity index (χ2v) is 8.39. The Morgan fingerprint density at radius 1 is 0.594 bits per heavy atom. The van der Waals surface area contributed by atoms with Crippen LogP contribution >= 0.6 is 0 Å². The first-order valence-electron chi connectivity index (χ1n) is 11.1. The molecule has 4 fully saturated rings. The van der Waals surface area contributed by atoms with Crippen LogP contribution < -0.4 is 18.9 Å². The third-order valence-corrected chi connectivity index (χ3v) is 5.50. The molecule has 0 bridgehead atoms. The Bertz CT molecular complexity index is 910. The van der Waals surface area contributed by atoms with Crippen molar-refractivity contribution >= 4 is 0 Å². The minimum atomic E-state index is 0.123. The van der Waals surface area contributed by atoms with Gasteiger partial charge in [0.1, 0.15) is 56.6 Å². The van der Waals surface area contributed by atoms with Crippen LogP contribution in [0.15, 0.2) is 36.4 Å². The van der Waals surface area contributed by atoms with Crippen molar-refractivity contribution in [2.45, 2.75) is 24.4 Å². The fourth-order valence-corrected chi connectivity index (χ4v) is 3.25. The molecular weight excluding hydrogens is 416 g/mol. The van der Waals surface area contributed by atoms with Crippen LogP contribution in [0, 0.1) is 0 Å². The Labute approximate surface area is 186 Å². The molecule has 0 aliphatic carbocycles. The first kappa shape index (κ1) is 20.1. The van der Waals surface area contributed by atoms with E-state index in [1.54, 1.807) is 0 Å². The predicted molar refractivity (Wildman–Crippen MR) is 113 cm³/mol. The van der Waals surface area contributed by atoms with Crippen LogP contribution in [0.4, 0.5) is 0 Å². The number of benzene rings is 2.